The first kappa shape index (κ1) is 9.79. The maximum Gasteiger partial charge on any atom is 0.323 e. The minimum Gasteiger partial charge on any atom is -0.338 e. The fourth-order valence-corrected chi connectivity index (χ4v) is 1.63. The fourth-order valence-electron chi connectivity index (χ4n) is 1.63. The molecule has 0 spiro atoms. The highest BCUT2D eigenvalue weighted by atomic mass is 16.5. The molecular formula is C10H9N5O2. The van der Waals surface area contributed by atoms with Gasteiger partial charge in [-0.05, 0) is 18.2 Å². The van der Waals surface area contributed by atoms with Crippen LogP contribution in [0.5, 0.6) is 0 Å². The maximum atomic E-state index is 11.1. The number of nitrogens with zero attached hydrogens (tertiary/aromatic N) is 2. The van der Waals surface area contributed by atoms with Crippen molar-refractivity contribution < 1.29 is 4.52 Å². The van der Waals surface area contributed by atoms with Gasteiger partial charge < -0.3 is 20.2 Å². The summed E-state index contributed by atoms with van der Waals surface area (Å²) in [7, 11) is 0. The van der Waals surface area contributed by atoms with Gasteiger partial charge in [0.25, 0.3) is 0 Å². The quantitative estimate of drug-likeness (QED) is 0.589. The third-order valence-corrected chi connectivity index (χ3v) is 2.42. The first-order chi connectivity index (χ1) is 8.26. The molecule has 0 saturated carbocycles. The third-order valence-electron chi connectivity index (χ3n) is 2.42. The molecule has 0 unspecified atom stereocenters. The number of nitrogens with two attached hydrogens (primary N) is 1. The highest BCUT2D eigenvalue weighted by molar-refractivity contribution is 5.79. The number of nitrogens with one attached hydrogen (secondary N) is 2. The van der Waals surface area contributed by atoms with Crippen molar-refractivity contribution in [3.8, 4) is 11.4 Å². The number of imidazole rings is 1. The molecule has 0 atom stereocenters. The van der Waals surface area contributed by atoms with Crippen molar-refractivity contribution in [1.29, 1.82) is 0 Å². The van der Waals surface area contributed by atoms with Crippen molar-refractivity contribution in [2.24, 2.45) is 5.73 Å². The molecule has 4 N–H and O–H groups in total. The van der Waals surface area contributed by atoms with Crippen LogP contribution in [0.4, 0.5) is 0 Å². The third kappa shape index (κ3) is 1.62. The Morgan fingerprint density at radius 2 is 2.12 bits per heavy atom. The van der Waals surface area contributed by atoms with Gasteiger partial charge in [0.1, 0.15) is 0 Å². The molecule has 17 heavy (non-hydrogen) atoms. The van der Waals surface area contributed by atoms with E-state index in [4.69, 9.17) is 10.3 Å². The summed E-state index contributed by atoms with van der Waals surface area (Å²) in [5.41, 5.74) is 7.34. The molecule has 86 valence electrons. The summed E-state index contributed by atoms with van der Waals surface area (Å²) in [4.78, 5) is 20.5. The van der Waals surface area contributed by atoms with E-state index in [2.05, 4.69) is 20.1 Å². The van der Waals surface area contributed by atoms with E-state index in [1.165, 1.54) is 0 Å². The SMILES string of the molecule is NCc1nc(-c2ccc3[nH]c(=O)[nH]c3c2)no1. The van der Waals surface area contributed by atoms with E-state index >= 15 is 0 Å². The van der Waals surface area contributed by atoms with Crippen LogP contribution in [0.3, 0.4) is 0 Å². The summed E-state index contributed by atoms with van der Waals surface area (Å²) in [6.45, 7) is 0.205. The van der Waals surface area contributed by atoms with Crippen LogP contribution >= 0.6 is 0 Å². The summed E-state index contributed by atoms with van der Waals surface area (Å²) in [5.74, 6) is 0.831. The minimum absolute atomic E-state index is 0.205. The standard InChI is InChI=1S/C10H9N5O2/c11-4-8-14-9(15-17-8)5-1-2-6-7(3-5)13-10(16)12-6/h1-3H,4,11H2,(H2,12,13,16). The average Bonchev–Trinajstić information content (AvgIpc) is 2.92. The zero-order chi connectivity index (χ0) is 11.8. The molecule has 0 bridgehead atoms. The molecular weight excluding hydrogens is 222 g/mol. The Balaban J connectivity index is 2.13. The van der Waals surface area contributed by atoms with Crippen LogP contribution in [-0.2, 0) is 6.54 Å². The molecule has 3 aromatic rings. The van der Waals surface area contributed by atoms with E-state index < -0.39 is 0 Å². The molecule has 2 heterocycles. The Labute approximate surface area is 94.7 Å². The van der Waals surface area contributed by atoms with Gasteiger partial charge in [-0.1, -0.05) is 5.16 Å². The van der Waals surface area contributed by atoms with E-state index in [9.17, 15) is 4.79 Å². The lowest BCUT2D eigenvalue weighted by molar-refractivity contribution is 0.380. The molecule has 0 aliphatic carbocycles. The molecule has 0 aliphatic rings. The summed E-state index contributed by atoms with van der Waals surface area (Å²) in [6.07, 6.45) is 0. The van der Waals surface area contributed by atoms with Crippen molar-refractivity contribution in [2.45, 2.75) is 6.54 Å². The first-order valence-corrected chi connectivity index (χ1v) is 5.01. The summed E-state index contributed by atoms with van der Waals surface area (Å²) in [5, 5.41) is 3.80. The second kappa shape index (κ2) is 3.56. The van der Waals surface area contributed by atoms with Gasteiger partial charge in [-0.3, -0.25) is 0 Å². The van der Waals surface area contributed by atoms with Crippen LogP contribution in [0.25, 0.3) is 22.4 Å². The molecule has 0 radical (unpaired) electrons. The number of hydrogen-bond acceptors (Lipinski definition) is 5. The Kier molecular flexibility index (Phi) is 2.05. The van der Waals surface area contributed by atoms with Gasteiger partial charge in [0, 0.05) is 5.56 Å². The summed E-state index contributed by atoms with van der Waals surface area (Å²) >= 11 is 0. The molecule has 1 aromatic carbocycles. The predicted molar refractivity (Wildman–Crippen MR) is 60.1 cm³/mol. The molecule has 2 aromatic heterocycles. The Morgan fingerprint density at radius 3 is 2.88 bits per heavy atom. The van der Waals surface area contributed by atoms with E-state index in [0.717, 1.165) is 11.1 Å². The number of hydrogen-bond donors (Lipinski definition) is 3. The average molecular weight is 231 g/mol. The lowest BCUT2D eigenvalue weighted by Gasteiger charge is -1.93. The van der Waals surface area contributed by atoms with E-state index in [-0.39, 0.29) is 12.2 Å². The summed E-state index contributed by atoms with van der Waals surface area (Å²) in [6, 6.07) is 5.36. The first-order valence-electron chi connectivity index (χ1n) is 5.01. The molecule has 0 saturated heterocycles. The van der Waals surface area contributed by atoms with Crippen LogP contribution in [0, 0.1) is 0 Å². The molecule has 3 rings (SSSR count). The van der Waals surface area contributed by atoms with E-state index in [1.807, 2.05) is 0 Å². The van der Waals surface area contributed by atoms with E-state index in [1.54, 1.807) is 18.2 Å². The number of rotatable bonds is 2. The van der Waals surface area contributed by atoms with E-state index in [0.29, 0.717) is 17.2 Å². The predicted octanol–water partition coefficient (Wildman–Crippen LogP) is 0.365. The van der Waals surface area contributed by atoms with Gasteiger partial charge in [-0.15, -0.1) is 0 Å². The van der Waals surface area contributed by atoms with Crippen LogP contribution < -0.4 is 11.4 Å². The molecule has 0 fully saturated rings. The molecule has 7 nitrogen and oxygen atoms in total. The maximum absolute atomic E-state index is 11.1. The highest BCUT2D eigenvalue weighted by Crippen LogP contribution is 2.19. The minimum atomic E-state index is -0.243. The number of benzene rings is 1. The van der Waals surface area contributed by atoms with Crippen LogP contribution in [0.1, 0.15) is 5.89 Å². The van der Waals surface area contributed by atoms with Crippen LogP contribution in [-0.4, -0.2) is 20.1 Å². The van der Waals surface area contributed by atoms with Crippen LogP contribution in [0.2, 0.25) is 0 Å². The fraction of sp³-hybridized carbons (Fsp3) is 0.100. The van der Waals surface area contributed by atoms with Gasteiger partial charge in [0.2, 0.25) is 11.7 Å². The smallest absolute Gasteiger partial charge is 0.323 e. The van der Waals surface area contributed by atoms with Gasteiger partial charge in [-0.25, -0.2) is 4.79 Å². The van der Waals surface area contributed by atoms with Crippen molar-refractivity contribution in [3.63, 3.8) is 0 Å². The van der Waals surface area contributed by atoms with Crippen molar-refractivity contribution in [2.75, 3.05) is 0 Å². The molecule has 7 heteroatoms. The van der Waals surface area contributed by atoms with Gasteiger partial charge >= 0.3 is 5.69 Å². The Bertz CT molecular complexity index is 723. The Morgan fingerprint density at radius 1 is 1.29 bits per heavy atom. The number of fused-ring (bicyclic) bond motifs is 1. The van der Waals surface area contributed by atoms with Crippen LogP contribution in [0.15, 0.2) is 27.5 Å². The second-order valence-electron chi connectivity index (χ2n) is 3.56. The lowest BCUT2D eigenvalue weighted by atomic mass is 10.2. The van der Waals surface area contributed by atoms with Crippen molar-refractivity contribution in [3.05, 3.63) is 34.6 Å². The molecule has 0 aliphatic heterocycles. The molecule has 0 amide bonds. The van der Waals surface area contributed by atoms with Gasteiger partial charge in [0.15, 0.2) is 0 Å². The monoisotopic (exact) mass is 231 g/mol. The number of H-pyrrole nitrogens is 2. The van der Waals surface area contributed by atoms with Crippen molar-refractivity contribution >= 4 is 11.0 Å². The topological polar surface area (TPSA) is 114 Å². The normalized spacial score (nSPS) is 11.1. The van der Waals surface area contributed by atoms with Crippen molar-refractivity contribution in [1.82, 2.24) is 20.1 Å². The largest absolute Gasteiger partial charge is 0.338 e. The number of aromatic amines is 2. The second-order valence-corrected chi connectivity index (χ2v) is 3.56. The zero-order valence-electron chi connectivity index (χ0n) is 8.73. The summed E-state index contributed by atoms with van der Waals surface area (Å²) < 4.78 is 4.92. The lowest BCUT2D eigenvalue weighted by Crippen LogP contribution is -1.99. The number of aromatic nitrogens is 4. The zero-order valence-corrected chi connectivity index (χ0v) is 8.73. The van der Waals surface area contributed by atoms with Gasteiger partial charge in [0.05, 0.1) is 17.6 Å². The van der Waals surface area contributed by atoms with Gasteiger partial charge in [-0.2, -0.15) is 4.98 Å². The highest BCUT2D eigenvalue weighted by Gasteiger charge is 2.08. The Hall–Kier alpha value is -2.41.